The molecular formula is C16H17Cl2N3. The van der Waals surface area contributed by atoms with Gasteiger partial charge < -0.3 is 10.2 Å². The van der Waals surface area contributed by atoms with Crippen molar-refractivity contribution in [2.45, 2.75) is 18.9 Å². The van der Waals surface area contributed by atoms with E-state index in [0.29, 0.717) is 16.1 Å². The molecule has 1 aliphatic heterocycles. The molecule has 1 fully saturated rings. The molecule has 1 N–H and O–H groups in total. The number of aromatic nitrogens is 1. The van der Waals surface area contributed by atoms with Crippen molar-refractivity contribution >= 4 is 34.7 Å². The van der Waals surface area contributed by atoms with Gasteiger partial charge in [0.1, 0.15) is 5.82 Å². The lowest BCUT2D eigenvalue weighted by molar-refractivity contribution is 0.523. The standard InChI is InChI=1S/C16H17Cl2N3/c17-12-4-5-14(18)15(11-12)20-13-6-9-21(10-7-13)16-3-1-2-8-19-16/h1-5,8,11,13,20H,6-7,9-10H2. The van der Waals surface area contributed by atoms with Crippen LogP contribution in [0.3, 0.4) is 0 Å². The number of nitrogens with one attached hydrogen (secondary N) is 1. The molecule has 1 aromatic heterocycles. The highest BCUT2D eigenvalue weighted by atomic mass is 35.5. The summed E-state index contributed by atoms with van der Waals surface area (Å²) >= 11 is 12.2. The summed E-state index contributed by atoms with van der Waals surface area (Å²) in [5.41, 5.74) is 0.917. The van der Waals surface area contributed by atoms with Gasteiger partial charge in [-0.25, -0.2) is 4.98 Å². The first-order valence-electron chi connectivity index (χ1n) is 7.10. The third-order valence-corrected chi connectivity index (χ3v) is 4.32. The van der Waals surface area contributed by atoms with Crippen molar-refractivity contribution < 1.29 is 0 Å². The molecule has 1 aromatic carbocycles. The quantitative estimate of drug-likeness (QED) is 0.904. The molecule has 0 atom stereocenters. The van der Waals surface area contributed by atoms with Crippen LogP contribution in [0.1, 0.15) is 12.8 Å². The van der Waals surface area contributed by atoms with Crippen molar-refractivity contribution in [3.63, 3.8) is 0 Å². The Morgan fingerprint density at radius 2 is 1.90 bits per heavy atom. The van der Waals surface area contributed by atoms with E-state index in [0.717, 1.165) is 37.4 Å². The first-order chi connectivity index (χ1) is 10.2. The maximum absolute atomic E-state index is 6.20. The van der Waals surface area contributed by atoms with E-state index in [1.54, 1.807) is 6.07 Å². The van der Waals surface area contributed by atoms with Crippen LogP contribution < -0.4 is 10.2 Å². The molecule has 0 unspecified atom stereocenters. The van der Waals surface area contributed by atoms with Crippen molar-refractivity contribution in [2.75, 3.05) is 23.3 Å². The zero-order valence-corrected chi connectivity index (χ0v) is 13.1. The zero-order chi connectivity index (χ0) is 14.7. The van der Waals surface area contributed by atoms with Crippen LogP contribution in [-0.4, -0.2) is 24.1 Å². The summed E-state index contributed by atoms with van der Waals surface area (Å²) in [4.78, 5) is 6.72. The third-order valence-electron chi connectivity index (χ3n) is 3.76. The molecule has 0 spiro atoms. The Hall–Kier alpha value is -1.45. The minimum absolute atomic E-state index is 0.418. The summed E-state index contributed by atoms with van der Waals surface area (Å²) < 4.78 is 0. The summed E-state index contributed by atoms with van der Waals surface area (Å²) in [5.74, 6) is 1.05. The number of hydrogen-bond donors (Lipinski definition) is 1. The Bertz CT molecular complexity index is 596. The molecule has 1 saturated heterocycles. The molecule has 2 heterocycles. The number of benzene rings is 1. The number of hydrogen-bond acceptors (Lipinski definition) is 3. The average molecular weight is 322 g/mol. The maximum atomic E-state index is 6.20. The van der Waals surface area contributed by atoms with Gasteiger partial charge in [-0.1, -0.05) is 29.3 Å². The lowest BCUT2D eigenvalue weighted by Crippen LogP contribution is -2.39. The van der Waals surface area contributed by atoms with Crippen LogP contribution in [-0.2, 0) is 0 Å². The maximum Gasteiger partial charge on any atom is 0.128 e. The lowest BCUT2D eigenvalue weighted by atomic mass is 10.0. The molecule has 2 aromatic rings. The minimum Gasteiger partial charge on any atom is -0.381 e. The molecule has 110 valence electrons. The Morgan fingerprint density at radius 3 is 2.62 bits per heavy atom. The van der Waals surface area contributed by atoms with Crippen molar-refractivity contribution in [3.05, 3.63) is 52.6 Å². The fourth-order valence-corrected chi connectivity index (χ4v) is 2.97. The van der Waals surface area contributed by atoms with Gasteiger partial charge >= 0.3 is 0 Å². The number of halogens is 2. The second kappa shape index (κ2) is 6.54. The fraction of sp³-hybridized carbons (Fsp3) is 0.312. The Labute approximate surface area is 134 Å². The summed E-state index contributed by atoms with van der Waals surface area (Å²) in [6.45, 7) is 1.99. The Kier molecular flexibility index (Phi) is 4.51. The van der Waals surface area contributed by atoms with Gasteiger partial charge in [0.15, 0.2) is 0 Å². The Morgan fingerprint density at radius 1 is 1.10 bits per heavy atom. The smallest absolute Gasteiger partial charge is 0.128 e. The van der Waals surface area contributed by atoms with Gasteiger partial charge in [-0.05, 0) is 43.2 Å². The third kappa shape index (κ3) is 3.60. The van der Waals surface area contributed by atoms with Crippen molar-refractivity contribution in [2.24, 2.45) is 0 Å². The molecular weight excluding hydrogens is 305 g/mol. The number of anilines is 2. The first kappa shape index (κ1) is 14.5. The van der Waals surface area contributed by atoms with E-state index in [1.807, 2.05) is 30.5 Å². The summed E-state index contributed by atoms with van der Waals surface area (Å²) in [6.07, 6.45) is 3.95. The van der Waals surface area contributed by atoms with E-state index >= 15 is 0 Å². The normalized spacial score (nSPS) is 16.0. The van der Waals surface area contributed by atoms with Crippen LogP contribution in [0.15, 0.2) is 42.6 Å². The molecule has 21 heavy (non-hydrogen) atoms. The number of nitrogens with zero attached hydrogens (tertiary/aromatic N) is 2. The minimum atomic E-state index is 0.418. The number of rotatable bonds is 3. The SMILES string of the molecule is Clc1ccc(Cl)c(NC2CCN(c3ccccn3)CC2)c1. The van der Waals surface area contributed by atoms with Crippen molar-refractivity contribution in [3.8, 4) is 0 Å². The monoisotopic (exact) mass is 321 g/mol. The molecule has 1 aliphatic rings. The van der Waals surface area contributed by atoms with E-state index in [1.165, 1.54) is 0 Å². The Balaban J connectivity index is 1.60. The largest absolute Gasteiger partial charge is 0.381 e. The average Bonchev–Trinajstić information content (AvgIpc) is 2.53. The molecule has 0 saturated carbocycles. The zero-order valence-electron chi connectivity index (χ0n) is 11.6. The molecule has 3 rings (SSSR count). The predicted molar refractivity (Wildman–Crippen MR) is 89.6 cm³/mol. The summed E-state index contributed by atoms with van der Waals surface area (Å²) in [5, 5.41) is 4.91. The van der Waals surface area contributed by atoms with Crippen LogP contribution >= 0.6 is 23.2 Å². The van der Waals surface area contributed by atoms with Crippen LogP contribution in [0.4, 0.5) is 11.5 Å². The van der Waals surface area contributed by atoms with Gasteiger partial charge in [0.25, 0.3) is 0 Å². The first-order valence-corrected chi connectivity index (χ1v) is 7.85. The topological polar surface area (TPSA) is 28.2 Å². The van der Waals surface area contributed by atoms with Crippen LogP contribution in [0.2, 0.25) is 10.0 Å². The van der Waals surface area contributed by atoms with Gasteiger partial charge in [-0.15, -0.1) is 0 Å². The van der Waals surface area contributed by atoms with Crippen molar-refractivity contribution in [1.29, 1.82) is 0 Å². The molecule has 0 radical (unpaired) electrons. The predicted octanol–water partition coefficient (Wildman–Crippen LogP) is 4.47. The van der Waals surface area contributed by atoms with E-state index in [9.17, 15) is 0 Å². The fourth-order valence-electron chi connectivity index (χ4n) is 2.62. The van der Waals surface area contributed by atoms with E-state index in [2.05, 4.69) is 21.3 Å². The van der Waals surface area contributed by atoms with Crippen molar-refractivity contribution in [1.82, 2.24) is 4.98 Å². The highest BCUT2D eigenvalue weighted by Crippen LogP contribution is 2.28. The van der Waals surface area contributed by atoms with Gasteiger partial charge in [-0.2, -0.15) is 0 Å². The number of pyridine rings is 1. The second-order valence-electron chi connectivity index (χ2n) is 5.22. The highest BCUT2D eigenvalue weighted by Gasteiger charge is 2.20. The number of piperidine rings is 1. The van der Waals surface area contributed by atoms with E-state index in [-0.39, 0.29) is 0 Å². The van der Waals surface area contributed by atoms with E-state index in [4.69, 9.17) is 23.2 Å². The van der Waals surface area contributed by atoms with Crippen LogP contribution in [0.5, 0.6) is 0 Å². The van der Waals surface area contributed by atoms with Gasteiger partial charge in [0.2, 0.25) is 0 Å². The molecule has 0 bridgehead atoms. The summed E-state index contributed by atoms with van der Waals surface area (Å²) in [7, 11) is 0. The lowest BCUT2D eigenvalue weighted by Gasteiger charge is -2.33. The van der Waals surface area contributed by atoms with Gasteiger partial charge in [0.05, 0.1) is 10.7 Å². The molecule has 0 aliphatic carbocycles. The second-order valence-corrected chi connectivity index (χ2v) is 6.06. The molecule has 0 amide bonds. The summed E-state index contributed by atoms with van der Waals surface area (Å²) in [6, 6.07) is 12.0. The van der Waals surface area contributed by atoms with Gasteiger partial charge in [-0.3, -0.25) is 0 Å². The molecule has 3 nitrogen and oxygen atoms in total. The highest BCUT2D eigenvalue weighted by molar-refractivity contribution is 6.35. The van der Waals surface area contributed by atoms with Crippen LogP contribution in [0.25, 0.3) is 0 Å². The molecule has 5 heteroatoms. The van der Waals surface area contributed by atoms with E-state index < -0.39 is 0 Å². The van der Waals surface area contributed by atoms with Crippen LogP contribution in [0, 0.1) is 0 Å². The van der Waals surface area contributed by atoms with Gasteiger partial charge in [0, 0.05) is 30.4 Å².